The predicted molar refractivity (Wildman–Crippen MR) is 139 cm³/mol. The molecule has 0 saturated heterocycles. The minimum Gasteiger partial charge on any atom is -0.475 e. The fourth-order valence-corrected chi connectivity index (χ4v) is 3.78. The molecule has 5 heteroatoms. The standard InChI is InChI=1S/C30H23N3O2/c1-21-9-11-22(12-10-21)13-14-23-20-24(27-7-4-5-17-31-27)15-16-25(23)29(34)33-28-8-3-2-6-26(28)30-32-18-19-35-30/h2-12,15-17,20H,18-19H2,1H3,(H,33,34). The number of benzene rings is 3. The van der Waals surface area contributed by atoms with Crippen molar-refractivity contribution in [2.45, 2.75) is 6.92 Å². The summed E-state index contributed by atoms with van der Waals surface area (Å²) in [7, 11) is 0. The minimum atomic E-state index is -0.253. The van der Waals surface area contributed by atoms with Crippen LogP contribution in [0.3, 0.4) is 0 Å². The zero-order valence-electron chi connectivity index (χ0n) is 19.3. The Morgan fingerprint density at radius 3 is 2.54 bits per heavy atom. The number of carbonyl (C=O) groups excluding carboxylic acids is 1. The normalized spacial score (nSPS) is 12.2. The summed E-state index contributed by atoms with van der Waals surface area (Å²) < 4.78 is 5.62. The number of aryl methyl sites for hydroxylation is 1. The van der Waals surface area contributed by atoms with Gasteiger partial charge in [-0.25, -0.2) is 4.99 Å². The Morgan fingerprint density at radius 2 is 1.77 bits per heavy atom. The van der Waals surface area contributed by atoms with Crippen molar-refractivity contribution in [3.63, 3.8) is 0 Å². The first kappa shape index (κ1) is 22.1. The fraction of sp³-hybridized carbons (Fsp3) is 0.100. The van der Waals surface area contributed by atoms with Gasteiger partial charge in [-0.05, 0) is 55.5 Å². The first-order valence-electron chi connectivity index (χ1n) is 11.4. The minimum absolute atomic E-state index is 0.253. The molecule has 5 rings (SSSR count). The summed E-state index contributed by atoms with van der Waals surface area (Å²) in [6.45, 7) is 3.20. The Hall–Kier alpha value is -4.69. The van der Waals surface area contributed by atoms with Crippen molar-refractivity contribution in [3.8, 4) is 23.1 Å². The summed E-state index contributed by atoms with van der Waals surface area (Å²) in [6, 6.07) is 26.8. The molecule has 1 N–H and O–H groups in total. The second kappa shape index (κ2) is 10.1. The zero-order chi connectivity index (χ0) is 24.0. The summed E-state index contributed by atoms with van der Waals surface area (Å²) in [4.78, 5) is 22.3. The zero-order valence-corrected chi connectivity index (χ0v) is 19.3. The number of amides is 1. The molecule has 0 radical (unpaired) electrons. The van der Waals surface area contributed by atoms with E-state index in [9.17, 15) is 4.79 Å². The molecule has 4 aromatic rings. The average molecular weight is 458 g/mol. The van der Waals surface area contributed by atoms with Gasteiger partial charge in [0, 0.05) is 22.9 Å². The van der Waals surface area contributed by atoms with Crippen LogP contribution in [0.5, 0.6) is 0 Å². The maximum absolute atomic E-state index is 13.4. The van der Waals surface area contributed by atoms with Gasteiger partial charge in [-0.15, -0.1) is 0 Å². The van der Waals surface area contributed by atoms with Crippen LogP contribution in [0.1, 0.15) is 32.6 Å². The summed E-state index contributed by atoms with van der Waals surface area (Å²) in [5, 5.41) is 3.03. The number of anilines is 1. The van der Waals surface area contributed by atoms with E-state index in [0.717, 1.165) is 22.4 Å². The number of ether oxygens (including phenoxy) is 1. The Kier molecular flexibility index (Phi) is 6.36. The average Bonchev–Trinajstić information content (AvgIpc) is 3.44. The van der Waals surface area contributed by atoms with E-state index in [0.29, 0.717) is 35.9 Å². The Bertz CT molecular complexity index is 1460. The van der Waals surface area contributed by atoms with E-state index in [2.05, 4.69) is 27.1 Å². The number of para-hydroxylation sites is 1. The number of nitrogens with one attached hydrogen (secondary N) is 1. The lowest BCUT2D eigenvalue weighted by Gasteiger charge is -2.12. The smallest absolute Gasteiger partial charge is 0.256 e. The number of pyridine rings is 1. The molecule has 0 aliphatic carbocycles. The second-order valence-electron chi connectivity index (χ2n) is 8.13. The Morgan fingerprint density at radius 1 is 0.943 bits per heavy atom. The van der Waals surface area contributed by atoms with Gasteiger partial charge < -0.3 is 10.1 Å². The third kappa shape index (κ3) is 5.13. The predicted octanol–water partition coefficient (Wildman–Crippen LogP) is 5.49. The molecule has 1 amide bonds. The van der Waals surface area contributed by atoms with Crippen LogP contribution in [-0.2, 0) is 4.74 Å². The van der Waals surface area contributed by atoms with E-state index < -0.39 is 0 Å². The van der Waals surface area contributed by atoms with Crippen molar-refractivity contribution in [1.82, 2.24) is 4.98 Å². The second-order valence-corrected chi connectivity index (χ2v) is 8.13. The third-order valence-electron chi connectivity index (χ3n) is 5.61. The van der Waals surface area contributed by atoms with Crippen molar-refractivity contribution in [3.05, 3.63) is 119 Å². The van der Waals surface area contributed by atoms with Gasteiger partial charge in [0.2, 0.25) is 5.90 Å². The molecule has 3 aromatic carbocycles. The van der Waals surface area contributed by atoms with Crippen molar-refractivity contribution in [1.29, 1.82) is 0 Å². The number of hydrogen-bond donors (Lipinski definition) is 1. The lowest BCUT2D eigenvalue weighted by atomic mass is 10.0. The van der Waals surface area contributed by atoms with Gasteiger partial charge in [0.1, 0.15) is 6.61 Å². The van der Waals surface area contributed by atoms with Crippen LogP contribution in [0, 0.1) is 18.8 Å². The molecule has 170 valence electrons. The first-order valence-corrected chi connectivity index (χ1v) is 11.4. The van der Waals surface area contributed by atoms with Gasteiger partial charge in [0.05, 0.1) is 29.1 Å². The lowest BCUT2D eigenvalue weighted by molar-refractivity contribution is 0.102. The maximum Gasteiger partial charge on any atom is 0.256 e. The number of carbonyl (C=O) groups is 1. The number of aromatic nitrogens is 1. The van der Waals surface area contributed by atoms with Crippen LogP contribution in [-0.4, -0.2) is 29.9 Å². The highest BCUT2D eigenvalue weighted by atomic mass is 16.5. The van der Waals surface area contributed by atoms with Crippen molar-refractivity contribution in [2.24, 2.45) is 4.99 Å². The summed E-state index contributed by atoms with van der Waals surface area (Å²) >= 11 is 0. The van der Waals surface area contributed by atoms with E-state index in [-0.39, 0.29) is 5.91 Å². The molecule has 0 bridgehead atoms. The highest BCUT2D eigenvalue weighted by molar-refractivity contribution is 6.10. The Labute approximate surface area is 204 Å². The fourth-order valence-electron chi connectivity index (χ4n) is 3.78. The van der Waals surface area contributed by atoms with E-state index in [1.807, 2.05) is 85.8 Å². The molecule has 35 heavy (non-hydrogen) atoms. The van der Waals surface area contributed by atoms with Crippen LogP contribution in [0.2, 0.25) is 0 Å². The lowest BCUT2D eigenvalue weighted by Crippen LogP contribution is -2.16. The summed E-state index contributed by atoms with van der Waals surface area (Å²) in [6.07, 6.45) is 1.75. The number of rotatable bonds is 4. The number of aliphatic imine (C=N–C) groups is 1. The molecule has 2 heterocycles. The van der Waals surface area contributed by atoms with Gasteiger partial charge in [-0.2, -0.15) is 0 Å². The molecular formula is C30H23N3O2. The molecule has 0 unspecified atom stereocenters. The van der Waals surface area contributed by atoms with Gasteiger partial charge >= 0.3 is 0 Å². The SMILES string of the molecule is Cc1ccc(C#Cc2cc(-c3ccccn3)ccc2C(=O)Nc2ccccc2C2=NCCO2)cc1. The molecule has 0 fully saturated rings. The van der Waals surface area contributed by atoms with Crippen LogP contribution < -0.4 is 5.32 Å². The van der Waals surface area contributed by atoms with Crippen LogP contribution >= 0.6 is 0 Å². The van der Waals surface area contributed by atoms with E-state index in [1.54, 1.807) is 12.3 Å². The first-order chi connectivity index (χ1) is 17.2. The quantitative estimate of drug-likeness (QED) is 0.413. The van der Waals surface area contributed by atoms with Gasteiger partial charge in [-0.1, -0.05) is 53.8 Å². The molecule has 0 atom stereocenters. The molecular weight excluding hydrogens is 434 g/mol. The van der Waals surface area contributed by atoms with Crippen molar-refractivity contribution < 1.29 is 9.53 Å². The van der Waals surface area contributed by atoms with Crippen LogP contribution in [0.15, 0.2) is 96.1 Å². The highest BCUT2D eigenvalue weighted by Crippen LogP contribution is 2.23. The number of nitrogens with zero attached hydrogens (tertiary/aromatic N) is 2. The van der Waals surface area contributed by atoms with Gasteiger partial charge in [0.15, 0.2) is 0 Å². The van der Waals surface area contributed by atoms with Crippen molar-refractivity contribution in [2.75, 3.05) is 18.5 Å². The van der Waals surface area contributed by atoms with Gasteiger partial charge in [0.25, 0.3) is 5.91 Å². The van der Waals surface area contributed by atoms with E-state index in [1.165, 1.54) is 5.56 Å². The van der Waals surface area contributed by atoms with Gasteiger partial charge in [-0.3, -0.25) is 9.78 Å². The van der Waals surface area contributed by atoms with E-state index >= 15 is 0 Å². The molecule has 5 nitrogen and oxygen atoms in total. The topological polar surface area (TPSA) is 63.6 Å². The van der Waals surface area contributed by atoms with Crippen molar-refractivity contribution >= 4 is 17.5 Å². The van der Waals surface area contributed by atoms with E-state index in [4.69, 9.17) is 4.74 Å². The summed E-state index contributed by atoms with van der Waals surface area (Å²) in [5.74, 6) is 6.70. The monoisotopic (exact) mass is 457 g/mol. The largest absolute Gasteiger partial charge is 0.475 e. The molecule has 0 saturated carbocycles. The summed E-state index contributed by atoms with van der Waals surface area (Å²) in [5.41, 5.74) is 6.27. The van der Waals surface area contributed by atoms with Crippen LogP contribution in [0.25, 0.3) is 11.3 Å². The molecule has 0 spiro atoms. The highest BCUT2D eigenvalue weighted by Gasteiger charge is 2.18. The molecule has 1 aliphatic rings. The van der Waals surface area contributed by atoms with Crippen LogP contribution in [0.4, 0.5) is 5.69 Å². The third-order valence-corrected chi connectivity index (χ3v) is 5.61. The maximum atomic E-state index is 13.4. The molecule has 1 aromatic heterocycles. The number of hydrogen-bond acceptors (Lipinski definition) is 4. The molecule has 1 aliphatic heterocycles. The Balaban J connectivity index is 1.52.